The van der Waals surface area contributed by atoms with Crippen LogP contribution in [0, 0.1) is 0 Å². The molecule has 2 nitrogen and oxygen atoms in total. The molecule has 0 radical (unpaired) electrons. The maximum Gasteiger partial charge on any atom is 0.306 e. The fraction of sp³-hybridized carbons (Fsp3) is 0.480. The average molecular weight is 371 g/mol. The van der Waals surface area contributed by atoms with E-state index < -0.39 is 0 Å². The summed E-state index contributed by atoms with van der Waals surface area (Å²) in [5.41, 5.74) is 0. The lowest BCUT2D eigenvalue weighted by molar-refractivity contribution is -0.147. The van der Waals surface area contributed by atoms with E-state index in [4.69, 9.17) is 4.74 Å². The molecule has 0 N–H and O–H groups in total. The Morgan fingerprint density at radius 2 is 1.04 bits per heavy atom. The molecular formula is C25H38O2. The molecule has 0 heterocycles. The third-order valence-electron chi connectivity index (χ3n) is 3.48. The van der Waals surface area contributed by atoms with Gasteiger partial charge in [-0.15, -0.1) is 0 Å². The highest BCUT2D eigenvalue weighted by molar-refractivity contribution is 5.69. The largest absolute Gasteiger partial charge is 0.463 e. The van der Waals surface area contributed by atoms with Crippen LogP contribution in [0.5, 0.6) is 0 Å². The van der Waals surface area contributed by atoms with E-state index in [1.165, 1.54) is 0 Å². The predicted octanol–water partition coefficient (Wildman–Crippen LogP) is 7.42. The Morgan fingerprint density at radius 1 is 0.667 bits per heavy atom. The first-order valence-corrected chi connectivity index (χ1v) is 10.3. The van der Waals surface area contributed by atoms with Gasteiger partial charge in [0.25, 0.3) is 0 Å². The van der Waals surface area contributed by atoms with E-state index in [9.17, 15) is 4.79 Å². The van der Waals surface area contributed by atoms with Gasteiger partial charge in [0.15, 0.2) is 0 Å². The molecule has 2 heteroatoms. The molecule has 0 saturated carbocycles. The van der Waals surface area contributed by atoms with Crippen LogP contribution < -0.4 is 0 Å². The number of hydrogen-bond donors (Lipinski definition) is 0. The third-order valence-corrected chi connectivity index (χ3v) is 3.48. The standard InChI is InChI=1S/C25H38O2/c1-4-5-6-7-8-9-10-11-12-13-14-15-16-17-18-19-20-21-22-23-25(26)27-24(2)3/h5-6,8-9,11-12,14-15,17-18,20-21,24H,4,7,10,13,16,19,22-23H2,1-3H3. The number of hydrogen-bond acceptors (Lipinski definition) is 2. The highest BCUT2D eigenvalue weighted by Crippen LogP contribution is 2.00. The molecule has 0 aliphatic heterocycles. The lowest BCUT2D eigenvalue weighted by Gasteiger charge is -2.05. The zero-order valence-corrected chi connectivity index (χ0v) is 17.5. The van der Waals surface area contributed by atoms with Crippen LogP contribution >= 0.6 is 0 Å². The van der Waals surface area contributed by atoms with Crippen molar-refractivity contribution in [2.24, 2.45) is 0 Å². The molecule has 0 atom stereocenters. The first-order valence-electron chi connectivity index (χ1n) is 10.3. The fourth-order valence-electron chi connectivity index (χ4n) is 2.16. The van der Waals surface area contributed by atoms with Gasteiger partial charge in [0, 0.05) is 6.42 Å². The summed E-state index contributed by atoms with van der Waals surface area (Å²) < 4.78 is 5.08. The van der Waals surface area contributed by atoms with Gasteiger partial charge in [-0.3, -0.25) is 4.79 Å². The van der Waals surface area contributed by atoms with Gasteiger partial charge in [0.05, 0.1) is 6.10 Å². The Kier molecular flexibility index (Phi) is 18.7. The van der Waals surface area contributed by atoms with Crippen molar-refractivity contribution in [3.05, 3.63) is 72.9 Å². The summed E-state index contributed by atoms with van der Waals surface area (Å²) in [4.78, 5) is 11.3. The van der Waals surface area contributed by atoms with E-state index in [-0.39, 0.29) is 12.1 Å². The summed E-state index contributed by atoms with van der Waals surface area (Å²) >= 11 is 0. The number of rotatable bonds is 15. The van der Waals surface area contributed by atoms with Crippen LogP contribution in [0.15, 0.2) is 72.9 Å². The van der Waals surface area contributed by atoms with Crippen LogP contribution in [0.3, 0.4) is 0 Å². The average Bonchev–Trinajstić information content (AvgIpc) is 2.63. The quantitative estimate of drug-likeness (QED) is 0.221. The molecule has 0 amide bonds. The van der Waals surface area contributed by atoms with E-state index in [0.717, 1.165) is 44.9 Å². The Balaban J connectivity index is 3.57. The van der Waals surface area contributed by atoms with Gasteiger partial charge in [-0.2, -0.15) is 0 Å². The van der Waals surface area contributed by atoms with Gasteiger partial charge in [-0.25, -0.2) is 0 Å². The second kappa shape index (κ2) is 20.2. The predicted molar refractivity (Wildman–Crippen MR) is 119 cm³/mol. The van der Waals surface area contributed by atoms with Crippen LogP contribution in [0.25, 0.3) is 0 Å². The van der Waals surface area contributed by atoms with Crippen LogP contribution in [-0.4, -0.2) is 12.1 Å². The van der Waals surface area contributed by atoms with E-state index >= 15 is 0 Å². The van der Waals surface area contributed by atoms with Gasteiger partial charge >= 0.3 is 5.97 Å². The second-order valence-electron chi connectivity index (χ2n) is 6.49. The Morgan fingerprint density at radius 3 is 1.41 bits per heavy atom. The van der Waals surface area contributed by atoms with Crippen molar-refractivity contribution in [2.75, 3.05) is 0 Å². The first kappa shape index (κ1) is 24.9. The summed E-state index contributed by atoms with van der Waals surface area (Å²) in [7, 11) is 0. The van der Waals surface area contributed by atoms with Crippen molar-refractivity contribution >= 4 is 5.97 Å². The lowest BCUT2D eigenvalue weighted by Crippen LogP contribution is -2.10. The summed E-state index contributed by atoms with van der Waals surface area (Å²) in [6.07, 6.45) is 33.3. The maximum atomic E-state index is 11.3. The molecule has 0 spiro atoms. The van der Waals surface area contributed by atoms with Crippen LogP contribution in [-0.2, 0) is 9.53 Å². The Bertz CT molecular complexity index is 516. The van der Waals surface area contributed by atoms with Crippen molar-refractivity contribution in [1.29, 1.82) is 0 Å². The number of carbonyl (C=O) groups excluding carboxylic acids is 1. The molecular weight excluding hydrogens is 332 g/mol. The van der Waals surface area contributed by atoms with Crippen LogP contribution in [0.4, 0.5) is 0 Å². The summed E-state index contributed by atoms with van der Waals surface area (Å²) in [6.45, 7) is 5.89. The van der Waals surface area contributed by atoms with Gasteiger partial charge in [-0.05, 0) is 58.8 Å². The normalized spacial score (nSPS) is 13.0. The van der Waals surface area contributed by atoms with E-state index in [1.54, 1.807) is 0 Å². The molecule has 0 aromatic rings. The minimum Gasteiger partial charge on any atom is -0.463 e. The number of esters is 1. The topological polar surface area (TPSA) is 26.3 Å². The highest BCUT2D eigenvalue weighted by Gasteiger charge is 2.02. The molecule has 0 unspecified atom stereocenters. The molecule has 150 valence electrons. The second-order valence-corrected chi connectivity index (χ2v) is 6.49. The molecule has 27 heavy (non-hydrogen) atoms. The molecule has 0 rings (SSSR count). The molecule has 0 aliphatic carbocycles. The zero-order valence-electron chi connectivity index (χ0n) is 17.5. The Hall–Kier alpha value is -2.09. The fourth-order valence-corrected chi connectivity index (χ4v) is 2.16. The molecule has 0 saturated heterocycles. The van der Waals surface area contributed by atoms with Crippen molar-refractivity contribution in [2.45, 2.75) is 78.2 Å². The van der Waals surface area contributed by atoms with Crippen molar-refractivity contribution in [3.63, 3.8) is 0 Å². The summed E-state index contributed by atoms with van der Waals surface area (Å²) in [5, 5.41) is 0. The maximum absolute atomic E-state index is 11.3. The van der Waals surface area contributed by atoms with E-state index in [2.05, 4.69) is 73.8 Å². The van der Waals surface area contributed by atoms with Crippen molar-refractivity contribution < 1.29 is 9.53 Å². The number of allylic oxidation sites excluding steroid dienone is 12. The lowest BCUT2D eigenvalue weighted by atomic mass is 10.2. The Labute approximate surface area is 167 Å². The van der Waals surface area contributed by atoms with Gasteiger partial charge in [0.1, 0.15) is 0 Å². The summed E-state index contributed by atoms with van der Waals surface area (Å²) in [6, 6.07) is 0. The summed E-state index contributed by atoms with van der Waals surface area (Å²) in [5.74, 6) is -0.121. The smallest absolute Gasteiger partial charge is 0.306 e. The minimum absolute atomic E-state index is 0.0252. The number of ether oxygens (including phenoxy) is 1. The van der Waals surface area contributed by atoms with Crippen molar-refractivity contribution in [3.8, 4) is 0 Å². The van der Waals surface area contributed by atoms with E-state index in [0.29, 0.717) is 6.42 Å². The molecule has 0 aromatic heterocycles. The molecule has 0 fully saturated rings. The van der Waals surface area contributed by atoms with Gasteiger partial charge < -0.3 is 4.74 Å². The SMILES string of the molecule is CCC=CCC=CCC=CCC=CCC=CCC=CCCC(=O)OC(C)C. The van der Waals surface area contributed by atoms with Crippen LogP contribution in [0.1, 0.15) is 72.1 Å². The van der Waals surface area contributed by atoms with Crippen LogP contribution in [0.2, 0.25) is 0 Å². The van der Waals surface area contributed by atoms with Crippen molar-refractivity contribution in [1.82, 2.24) is 0 Å². The van der Waals surface area contributed by atoms with Gasteiger partial charge in [0.2, 0.25) is 0 Å². The highest BCUT2D eigenvalue weighted by atomic mass is 16.5. The molecule has 0 bridgehead atoms. The first-order chi connectivity index (χ1) is 13.2. The third kappa shape index (κ3) is 21.9. The minimum atomic E-state index is -0.121. The zero-order chi connectivity index (χ0) is 20.0. The number of carbonyl (C=O) groups is 1. The van der Waals surface area contributed by atoms with E-state index in [1.807, 2.05) is 19.9 Å². The monoisotopic (exact) mass is 370 g/mol. The van der Waals surface area contributed by atoms with Gasteiger partial charge in [-0.1, -0.05) is 79.8 Å². The molecule has 0 aromatic carbocycles. The molecule has 0 aliphatic rings.